The highest BCUT2D eigenvalue weighted by Gasteiger charge is 2.51. The number of methoxy groups -OCH3 is 1. The number of hydrogen-bond acceptors (Lipinski definition) is 5. The molecule has 1 spiro atoms. The summed E-state index contributed by atoms with van der Waals surface area (Å²) in [6.45, 7) is 0.0902. The Hall–Kier alpha value is -1.92. The molecule has 2 fully saturated rings. The summed E-state index contributed by atoms with van der Waals surface area (Å²) in [6.07, 6.45) is 5.44. The highest BCUT2D eigenvalue weighted by molar-refractivity contribution is 6.08. The largest absolute Gasteiger partial charge is 0.469 e. The van der Waals surface area contributed by atoms with Crippen LogP contribution in [0.2, 0.25) is 0 Å². The molecule has 0 unspecified atom stereocenters. The predicted octanol–water partition coefficient (Wildman–Crippen LogP) is 0.765. The Morgan fingerprint density at radius 3 is 2.57 bits per heavy atom. The molecule has 1 heterocycles. The van der Waals surface area contributed by atoms with Gasteiger partial charge in [0.15, 0.2) is 0 Å². The predicted molar refractivity (Wildman–Crippen MR) is 81.1 cm³/mol. The van der Waals surface area contributed by atoms with Crippen LogP contribution in [-0.2, 0) is 23.9 Å². The lowest BCUT2D eigenvalue weighted by Gasteiger charge is -2.30. The van der Waals surface area contributed by atoms with Gasteiger partial charge in [-0.05, 0) is 19.3 Å². The van der Waals surface area contributed by atoms with E-state index in [1.807, 2.05) is 0 Å². The molecule has 0 aromatic heterocycles. The Labute approximate surface area is 135 Å². The van der Waals surface area contributed by atoms with Crippen molar-refractivity contribution in [1.29, 1.82) is 0 Å². The molecule has 7 heteroatoms. The minimum absolute atomic E-state index is 0.188. The number of likely N-dealkylation sites (tertiary alicyclic amines) is 1. The highest BCUT2D eigenvalue weighted by Crippen LogP contribution is 2.45. The van der Waals surface area contributed by atoms with Crippen molar-refractivity contribution in [2.45, 2.75) is 51.4 Å². The van der Waals surface area contributed by atoms with Crippen LogP contribution in [0.1, 0.15) is 51.4 Å². The smallest absolute Gasteiger partial charge is 0.305 e. The van der Waals surface area contributed by atoms with Crippen molar-refractivity contribution in [2.75, 3.05) is 20.2 Å². The van der Waals surface area contributed by atoms with Crippen molar-refractivity contribution >= 4 is 23.7 Å². The first-order valence-electron chi connectivity index (χ1n) is 8.17. The second-order valence-corrected chi connectivity index (χ2v) is 6.33. The molecule has 128 valence electrons. The molecule has 1 aliphatic heterocycles. The van der Waals surface area contributed by atoms with Gasteiger partial charge in [-0.15, -0.1) is 0 Å². The number of nitrogens with zero attached hydrogens (tertiary/aromatic N) is 1. The van der Waals surface area contributed by atoms with E-state index in [2.05, 4.69) is 10.1 Å². The number of amides is 3. The number of rotatable bonds is 6. The van der Waals surface area contributed by atoms with Gasteiger partial charge in [0, 0.05) is 19.4 Å². The second kappa shape index (κ2) is 7.57. The van der Waals surface area contributed by atoms with E-state index in [1.165, 1.54) is 7.11 Å². The van der Waals surface area contributed by atoms with Crippen molar-refractivity contribution in [1.82, 2.24) is 10.2 Å². The monoisotopic (exact) mass is 324 g/mol. The van der Waals surface area contributed by atoms with Crippen LogP contribution in [0.25, 0.3) is 0 Å². The molecule has 0 aromatic rings. The lowest BCUT2D eigenvalue weighted by molar-refractivity contribution is -0.145. The summed E-state index contributed by atoms with van der Waals surface area (Å²) in [4.78, 5) is 48.6. The Kier molecular flexibility index (Phi) is 5.74. The maximum Gasteiger partial charge on any atom is 0.305 e. The number of hydrogen-bond donors (Lipinski definition) is 1. The van der Waals surface area contributed by atoms with Gasteiger partial charge in [0.25, 0.3) is 0 Å². The summed E-state index contributed by atoms with van der Waals surface area (Å²) in [5, 5.41) is 2.63. The standard InChI is InChI=1S/C16H24N2O5/c1-23-14(21)6-5-9-17-12(19)11-18-13(20)10-16(15(18)22)7-3-2-4-8-16/h2-11H2,1H3,(H,17,19). The van der Waals surface area contributed by atoms with E-state index in [4.69, 9.17) is 0 Å². The zero-order chi connectivity index (χ0) is 16.9. The first-order chi connectivity index (χ1) is 11.0. The number of nitrogens with one attached hydrogen (secondary N) is 1. The van der Waals surface area contributed by atoms with Gasteiger partial charge in [-0.3, -0.25) is 24.1 Å². The van der Waals surface area contributed by atoms with Crippen LogP contribution in [-0.4, -0.2) is 48.8 Å². The third-order valence-electron chi connectivity index (χ3n) is 4.71. The fourth-order valence-electron chi connectivity index (χ4n) is 3.40. The molecule has 0 radical (unpaired) electrons. The average molecular weight is 324 g/mol. The zero-order valence-electron chi connectivity index (χ0n) is 13.6. The maximum absolute atomic E-state index is 12.6. The molecule has 3 amide bonds. The molecule has 0 aromatic carbocycles. The van der Waals surface area contributed by atoms with Crippen molar-refractivity contribution in [3.8, 4) is 0 Å². The molecule has 2 rings (SSSR count). The minimum atomic E-state index is -0.555. The summed E-state index contributed by atoms with van der Waals surface area (Å²) >= 11 is 0. The van der Waals surface area contributed by atoms with E-state index in [9.17, 15) is 19.2 Å². The van der Waals surface area contributed by atoms with Gasteiger partial charge in [-0.2, -0.15) is 0 Å². The third kappa shape index (κ3) is 4.09. The number of esters is 1. The Bertz CT molecular complexity index is 497. The van der Waals surface area contributed by atoms with Gasteiger partial charge < -0.3 is 10.1 Å². The van der Waals surface area contributed by atoms with Crippen molar-refractivity contribution in [2.24, 2.45) is 5.41 Å². The van der Waals surface area contributed by atoms with E-state index >= 15 is 0 Å². The lowest BCUT2D eigenvalue weighted by Crippen LogP contribution is -2.43. The molecule has 1 saturated carbocycles. The van der Waals surface area contributed by atoms with Gasteiger partial charge in [0.2, 0.25) is 17.7 Å². The third-order valence-corrected chi connectivity index (χ3v) is 4.71. The van der Waals surface area contributed by atoms with Crippen LogP contribution in [0, 0.1) is 5.41 Å². The van der Waals surface area contributed by atoms with Crippen LogP contribution in [0.5, 0.6) is 0 Å². The van der Waals surface area contributed by atoms with E-state index in [0.29, 0.717) is 13.0 Å². The maximum atomic E-state index is 12.6. The fourth-order valence-corrected chi connectivity index (χ4v) is 3.40. The van der Waals surface area contributed by atoms with Crippen LogP contribution in [0.3, 0.4) is 0 Å². The molecule has 2 aliphatic rings. The molecule has 1 N–H and O–H groups in total. The molecular formula is C16H24N2O5. The second-order valence-electron chi connectivity index (χ2n) is 6.33. The minimum Gasteiger partial charge on any atom is -0.469 e. The summed E-state index contributed by atoms with van der Waals surface area (Å²) in [5.41, 5.74) is -0.555. The van der Waals surface area contributed by atoms with Gasteiger partial charge in [0.05, 0.1) is 12.5 Å². The van der Waals surface area contributed by atoms with Gasteiger partial charge in [0.1, 0.15) is 6.54 Å². The molecule has 7 nitrogen and oxygen atoms in total. The molecule has 1 aliphatic carbocycles. The van der Waals surface area contributed by atoms with Crippen molar-refractivity contribution in [3.05, 3.63) is 0 Å². The molecular weight excluding hydrogens is 300 g/mol. The highest BCUT2D eigenvalue weighted by atomic mass is 16.5. The van der Waals surface area contributed by atoms with E-state index in [1.54, 1.807) is 0 Å². The Balaban J connectivity index is 1.80. The van der Waals surface area contributed by atoms with Crippen molar-refractivity contribution < 1.29 is 23.9 Å². The normalized spacial score (nSPS) is 20.0. The first-order valence-corrected chi connectivity index (χ1v) is 8.17. The summed E-state index contributed by atoms with van der Waals surface area (Å²) in [6, 6.07) is 0. The zero-order valence-corrected chi connectivity index (χ0v) is 13.6. The van der Waals surface area contributed by atoms with Gasteiger partial charge in [-0.1, -0.05) is 19.3 Å². The lowest BCUT2D eigenvalue weighted by atomic mass is 9.73. The number of ether oxygens (including phenoxy) is 1. The van der Waals surface area contributed by atoms with Crippen LogP contribution in [0.4, 0.5) is 0 Å². The fraction of sp³-hybridized carbons (Fsp3) is 0.750. The van der Waals surface area contributed by atoms with Crippen molar-refractivity contribution in [3.63, 3.8) is 0 Å². The number of carbonyl (C=O) groups excluding carboxylic acids is 4. The number of carbonyl (C=O) groups is 4. The molecule has 23 heavy (non-hydrogen) atoms. The van der Waals surface area contributed by atoms with E-state index in [0.717, 1.165) is 37.0 Å². The molecule has 0 bridgehead atoms. The van der Waals surface area contributed by atoms with Gasteiger partial charge in [-0.25, -0.2) is 0 Å². The van der Waals surface area contributed by atoms with Crippen LogP contribution in [0.15, 0.2) is 0 Å². The Morgan fingerprint density at radius 2 is 1.91 bits per heavy atom. The number of imide groups is 1. The quantitative estimate of drug-likeness (QED) is 0.442. The SMILES string of the molecule is COC(=O)CCCNC(=O)CN1C(=O)CC2(CCCCC2)C1=O. The first kappa shape index (κ1) is 17.4. The average Bonchev–Trinajstić information content (AvgIpc) is 2.76. The van der Waals surface area contributed by atoms with Gasteiger partial charge >= 0.3 is 5.97 Å². The summed E-state index contributed by atoms with van der Waals surface area (Å²) in [7, 11) is 1.31. The molecule has 0 atom stereocenters. The molecule has 1 saturated heterocycles. The van der Waals surface area contributed by atoms with Crippen LogP contribution >= 0.6 is 0 Å². The van der Waals surface area contributed by atoms with E-state index < -0.39 is 5.41 Å². The summed E-state index contributed by atoms with van der Waals surface area (Å²) < 4.78 is 4.51. The summed E-state index contributed by atoms with van der Waals surface area (Å²) in [5.74, 6) is -1.14. The van der Waals surface area contributed by atoms with E-state index in [-0.39, 0.29) is 43.1 Å². The topological polar surface area (TPSA) is 92.8 Å². The van der Waals surface area contributed by atoms with Crippen LogP contribution < -0.4 is 5.32 Å². The Morgan fingerprint density at radius 1 is 1.22 bits per heavy atom.